The zero-order valence-corrected chi connectivity index (χ0v) is 20.9. The molecule has 182 valence electrons. The van der Waals surface area contributed by atoms with Gasteiger partial charge >= 0.3 is 0 Å². The van der Waals surface area contributed by atoms with E-state index < -0.39 is 21.5 Å². The maximum atomic E-state index is 13.0. The number of para-hydroxylation sites is 1. The molecule has 0 aliphatic rings. The summed E-state index contributed by atoms with van der Waals surface area (Å²) in [6, 6.07) is 17.0. The Morgan fingerprint density at radius 3 is 2.57 bits per heavy atom. The highest BCUT2D eigenvalue weighted by atomic mass is 32.2. The average molecular weight is 493 g/mol. The predicted octanol–water partition coefficient (Wildman–Crippen LogP) is 4.55. The fourth-order valence-corrected chi connectivity index (χ4v) is 5.07. The zero-order chi connectivity index (χ0) is 25.2. The molecule has 2 N–H and O–H groups in total. The molecular formula is C26H28N4O4S. The third-order valence-electron chi connectivity index (χ3n) is 5.08. The van der Waals surface area contributed by atoms with Crippen LogP contribution in [0.25, 0.3) is 5.65 Å². The molecule has 0 aliphatic carbocycles. The number of nitrogens with zero attached hydrogens (tertiary/aromatic N) is 2. The van der Waals surface area contributed by atoms with Gasteiger partial charge in [-0.2, -0.15) is 0 Å². The lowest BCUT2D eigenvalue weighted by atomic mass is 10.1. The van der Waals surface area contributed by atoms with Gasteiger partial charge in [-0.05, 0) is 69.7 Å². The third kappa shape index (κ3) is 5.87. The number of carbonyl (C=O) groups is 1. The van der Waals surface area contributed by atoms with E-state index in [9.17, 15) is 13.2 Å². The Balaban J connectivity index is 1.50. The topological polar surface area (TPSA) is 102 Å². The van der Waals surface area contributed by atoms with Gasteiger partial charge in [-0.3, -0.25) is 4.79 Å². The van der Waals surface area contributed by atoms with E-state index in [4.69, 9.17) is 4.74 Å². The number of hydrogen-bond donors (Lipinski definition) is 2. The summed E-state index contributed by atoms with van der Waals surface area (Å²) in [7, 11) is -3.74. The number of carbonyl (C=O) groups excluding carboxylic acids is 1. The minimum Gasteiger partial charge on any atom is -0.486 e. The second kappa shape index (κ2) is 9.52. The smallest absolute Gasteiger partial charge is 0.259 e. The molecule has 0 aliphatic heterocycles. The number of nitrogens with one attached hydrogen (secondary N) is 2. The molecule has 0 atom stereocenters. The standard InChI is InChI=1S/C26H28N4O4S/c1-18-9-8-14-30-16-20(27-24(18)30)17-34-23-13-6-5-12-22(23)25(31)28-19-10-7-11-21(15-19)35(32,33)29-26(2,3)4/h5-16,29H,17H2,1-4H3,(H,28,31). The number of amides is 1. The highest BCUT2D eigenvalue weighted by molar-refractivity contribution is 7.89. The molecule has 0 spiro atoms. The zero-order valence-electron chi connectivity index (χ0n) is 20.1. The number of aromatic nitrogens is 2. The van der Waals surface area contributed by atoms with E-state index in [2.05, 4.69) is 15.0 Å². The van der Waals surface area contributed by atoms with E-state index in [1.165, 1.54) is 12.1 Å². The molecule has 0 unspecified atom stereocenters. The molecule has 2 heterocycles. The molecule has 35 heavy (non-hydrogen) atoms. The maximum absolute atomic E-state index is 13.0. The number of imidazole rings is 1. The van der Waals surface area contributed by atoms with Crippen molar-refractivity contribution < 1.29 is 17.9 Å². The second-order valence-corrected chi connectivity index (χ2v) is 11.0. The normalized spacial score (nSPS) is 12.0. The van der Waals surface area contributed by atoms with Crippen LogP contribution in [0.4, 0.5) is 5.69 Å². The molecule has 0 radical (unpaired) electrons. The van der Waals surface area contributed by atoms with Gasteiger partial charge in [0.1, 0.15) is 18.0 Å². The van der Waals surface area contributed by atoms with Crippen LogP contribution < -0.4 is 14.8 Å². The van der Waals surface area contributed by atoms with Gasteiger partial charge < -0.3 is 14.5 Å². The number of sulfonamides is 1. The minimum atomic E-state index is -3.74. The lowest BCUT2D eigenvalue weighted by Crippen LogP contribution is -2.40. The van der Waals surface area contributed by atoms with Gasteiger partial charge in [0.25, 0.3) is 5.91 Å². The first-order valence-corrected chi connectivity index (χ1v) is 12.6. The van der Waals surface area contributed by atoms with E-state index >= 15 is 0 Å². The van der Waals surface area contributed by atoms with Gasteiger partial charge in [0.15, 0.2) is 0 Å². The van der Waals surface area contributed by atoms with Gasteiger partial charge in [-0.15, -0.1) is 0 Å². The van der Waals surface area contributed by atoms with E-state index in [1.807, 2.05) is 35.9 Å². The molecule has 4 rings (SSSR count). The van der Waals surface area contributed by atoms with E-state index in [0.29, 0.717) is 17.0 Å². The lowest BCUT2D eigenvalue weighted by molar-refractivity contribution is 0.102. The fraction of sp³-hybridized carbons (Fsp3) is 0.231. The molecule has 2 aromatic heterocycles. The van der Waals surface area contributed by atoms with Crippen LogP contribution in [0.5, 0.6) is 5.75 Å². The van der Waals surface area contributed by atoms with E-state index in [0.717, 1.165) is 16.9 Å². The molecule has 8 nitrogen and oxygen atoms in total. The Hall–Kier alpha value is -3.69. The van der Waals surface area contributed by atoms with E-state index in [-0.39, 0.29) is 11.5 Å². The van der Waals surface area contributed by atoms with Gasteiger partial charge in [0, 0.05) is 23.6 Å². The Morgan fingerprint density at radius 1 is 1.06 bits per heavy atom. The van der Waals surface area contributed by atoms with Gasteiger partial charge in [-0.25, -0.2) is 18.1 Å². The van der Waals surface area contributed by atoms with Crippen LogP contribution in [0, 0.1) is 6.92 Å². The van der Waals surface area contributed by atoms with Crippen molar-refractivity contribution in [3.63, 3.8) is 0 Å². The van der Waals surface area contributed by atoms with Crippen LogP contribution in [-0.4, -0.2) is 29.2 Å². The molecule has 0 saturated carbocycles. The van der Waals surface area contributed by atoms with Crippen LogP contribution in [0.15, 0.2) is 78.0 Å². The summed E-state index contributed by atoms with van der Waals surface area (Å²) in [5.74, 6) is -0.0123. The van der Waals surface area contributed by atoms with E-state index in [1.54, 1.807) is 57.2 Å². The fourth-order valence-electron chi connectivity index (χ4n) is 3.61. The average Bonchev–Trinajstić information content (AvgIpc) is 3.21. The first-order valence-electron chi connectivity index (χ1n) is 11.1. The first kappa shape index (κ1) is 24.4. The number of benzene rings is 2. The second-order valence-electron chi connectivity index (χ2n) is 9.28. The number of aryl methyl sites for hydroxylation is 1. The highest BCUT2D eigenvalue weighted by Crippen LogP contribution is 2.23. The number of anilines is 1. The Bertz CT molecular complexity index is 1490. The molecule has 2 aromatic carbocycles. The van der Waals surface area contributed by atoms with Crippen molar-refractivity contribution >= 4 is 27.3 Å². The summed E-state index contributed by atoms with van der Waals surface area (Å²) < 4.78 is 35.8. The summed E-state index contributed by atoms with van der Waals surface area (Å²) >= 11 is 0. The predicted molar refractivity (Wildman–Crippen MR) is 135 cm³/mol. The van der Waals surface area contributed by atoms with Crippen molar-refractivity contribution in [2.75, 3.05) is 5.32 Å². The van der Waals surface area contributed by atoms with Gasteiger partial charge in [0.2, 0.25) is 10.0 Å². The Kier molecular flexibility index (Phi) is 6.64. The molecule has 4 aromatic rings. The van der Waals surface area contributed by atoms with Crippen molar-refractivity contribution in [1.82, 2.24) is 14.1 Å². The largest absolute Gasteiger partial charge is 0.486 e. The summed E-state index contributed by atoms with van der Waals surface area (Å²) in [5.41, 5.74) is 2.70. The minimum absolute atomic E-state index is 0.0666. The molecular weight excluding hydrogens is 464 g/mol. The van der Waals surface area contributed by atoms with Crippen molar-refractivity contribution in [2.24, 2.45) is 0 Å². The van der Waals surface area contributed by atoms with Crippen molar-refractivity contribution in [2.45, 2.75) is 44.7 Å². The Labute approximate surface area is 205 Å². The number of fused-ring (bicyclic) bond motifs is 1. The number of pyridine rings is 1. The molecule has 0 saturated heterocycles. The van der Waals surface area contributed by atoms with Crippen molar-refractivity contribution in [3.8, 4) is 5.75 Å². The molecule has 0 fully saturated rings. The highest BCUT2D eigenvalue weighted by Gasteiger charge is 2.22. The first-order chi connectivity index (χ1) is 16.5. The number of ether oxygens (including phenoxy) is 1. The Morgan fingerprint density at radius 2 is 1.83 bits per heavy atom. The van der Waals surface area contributed by atoms with Crippen LogP contribution in [0.2, 0.25) is 0 Å². The quantitative estimate of drug-likeness (QED) is 0.394. The van der Waals surface area contributed by atoms with Crippen molar-refractivity contribution in [1.29, 1.82) is 0 Å². The van der Waals surface area contributed by atoms with Crippen LogP contribution >= 0.6 is 0 Å². The summed E-state index contributed by atoms with van der Waals surface area (Å²) in [4.78, 5) is 17.7. The summed E-state index contributed by atoms with van der Waals surface area (Å²) in [6.07, 6.45) is 3.81. The maximum Gasteiger partial charge on any atom is 0.259 e. The molecule has 0 bridgehead atoms. The van der Waals surface area contributed by atoms with Crippen molar-refractivity contribution in [3.05, 3.63) is 89.9 Å². The van der Waals surface area contributed by atoms with Gasteiger partial charge in [0.05, 0.1) is 16.2 Å². The molecule has 9 heteroatoms. The van der Waals surface area contributed by atoms with Crippen LogP contribution in [0.1, 0.15) is 42.4 Å². The summed E-state index contributed by atoms with van der Waals surface area (Å²) in [6.45, 7) is 7.48. The SMILES string of the molecule is Cc1cccn2cc(COc3ccccc3C(=O)Nc3cccc(S(=O)(=O)NC(C)(C)C)c3)nc12. The van der Waals surface area contributed by atoms with Crippen LogP contribution in [0.3, 0.4) is 0 Å². The van der Waals surface area contributed by atoms with Crippen LogP contribution in [-0.2, 0) is 16.6 Å². The monoisotopic (exact) mass is 492 g/mol. The summed E-state index contributed by atoms with van der Waals surface area (Å²) in [5, 5.41) is 2.77. The lowest BCUT2D eigenvalue weighted by Gasteiger charge is -2.20. The number of hydrogen-bond acceptors (Lipinski definition) is 5. The van der Waals surface area contributed by atoms with Gasteiger partial charge in [-0.1, -0.05) is 24.3 Å². The molecule has 1 amide bonds. The number of rotatable bonds is 7. The third-order valence-corrected chi connectivity index (χ3v) is 6.83.